The summed E-state index contributed by atoms with van der Waals surface area (Å²) in [5, 5.41) is 4.04. The van der Waals surface area contributed by atoms with E-state index < -0.39 is 0 Å². The predicted molar refractivity (Wildman–Crippen MR) is 106 cm³/mol. The van der Waals surface area contributed by atoms with Gasteiger partial charge in [0.05, 0.1) is 38.6 Å². The van der Waals surface area contributed by atoms with Crippen molar-refractivity contribution in [2.24, 2.45) is 5.10 Å². The minimum absolute atomic E-state index is 0.118. The van der Waals surface area contributed by atoms with E-state index in [1.165, 1.54) is 6.21 Å². The maximum atomic E-state index is 12.3. The summed E-state index contributed by atoms with van der Waals surface area (Å²) in [4.78, 5) is 16.8. The Bertz CT molecular complexity index is 1030. The molecule has 0 spiro atoms. The summed E-state index contributed by atoms with van der Waals surface area (Å²) < 4.78 is 17.7. The van der Waals surface area contributed by atoms with Crippen LogP contribution in [-0.4, -0.2) is 43.0 Å². The minimum Gasteiger partial charge on any atom is -0.496 e. The molecule has 0 fully saturated rings. The van der Waals surface area contributed by atoms with Crippen molar-refractivity contribution in [3.63, 3.8) is 0 Å². The Kier molecular flexibility index (Phi) is 5.78. The van der Waals surface area contributed by atoms with E-state index in [1.54, 1.807) is 33.5 Å². The number of carbonyl (C=O) groups excluding carboxylic acids is 1. The second kappa shape index (κ2) is 8.43. The number of para-hydroxylation sites is 2. The van der Waals surface area contributed by atoms with Crippen LogP contribution in [0, 0.1) is 6.92 Å². The SMILES string of the molecule is COc1cc(OC)c(OC)cc1/C=N\NC(=O)Cn1c(C)nc2ccccc21. The maximum absolute atomic E-state index is 12.3. The van der Waals surface area contributed by atoms with Crippen LogP contribution in [-0.2, 0) is 11.3 Å². The normalized spacial score (nSPS) is 11.0. The maximum Gasteiger partial charge on any atom is 0.260 e. The Hall–Kier alpha value is -3.55. The second-order valence-corrected chi connectivity index (χ2v) is 5.98. The first-order chi connectivity index (χ1) is 13.6. The molecule has 0 aliphatic rings. The zero-order chi connectivity index (χ0) is 20.1. The van der Waals surface area contributed by atoms with Crippen LogP contribution in [0.25, 0.3) is 11.0 Å². The van der Waals surface area contributed by atoms with Crippen molar-refractivity contribution in [3.05, 3.63) is 47.8 Å². The van der Waals surface area contributed by atoms with Crippen molar-refractivity contribution in [1.29, 1.82) is 0 Å². The molecule has 2 aromatic carbocycles. The van der Waals surface area contributed by atoms with Crippen LogP contribution in [0.2, 0.25) is 0 Å². The lowest BCUT2D eigenvalue weighted by atomic mass is 10.2. The third-order valence-electron chi connectivity index (χ3n) is 4.28. The molecule has 0 saturated heterocycles. The van der Waals surface area contributed by atoms with Crippen LogP contribution in [0.4, 0.5) is 0 Å². The molecular weight excluding hydrogens is 360 g/mol. The van der Waals surface area contributed by atoms with Gasteiger partial charge in [0, 0.05) is 11.6 Å². The average molecular weight is 382 g/mol. The lowest BCUT2D eigenvalue weighted by Crippen LogP contribution is -2.23. The number of amides is 1. The van der Waals surface area contributed by atoms with E-state index in [-0.39, 0.29) is 12.5 Å². The van der Waals surface area contributed by atoms with E-state index in [0.717, 1.165) is 16.9 Å². The molecule has 8 nitrogen and oxygen atoms in total. The summed E-state index contributed by atoms with van der Waals surface area (Å²) in [6.45, 7) is 1.98. The highest BCUT2D eigenvalue weighted by atomic mass is 16.5. The van der Waals surface area contributed by atoms with Crippen molar-refractivity contribution in [3.8, 4) is 17.2 Å². The molecule has 146 valence electrons. The number of imidazole rings is 1. The summed E-state index contributed by atoms with van der Waals surface area (Å²) >= 11 is 0. The summed E-state index contributed by atoms with van der Waals surface area (Å²) in [6, 6.07) is 11.1. The van der Waals surface area contributed by atoms with E-state index in [0.29, 0.717) is 22.8 Å². The molecule has 0 saturated carbocycles. The lowest BCUT2D eigenvalue weighted by Gasteiger charge is -2.11. The highest BCUT2D eigenvalue weighted by molar-refractivity contribution is 5.87. The number of methoxy groups -OCH3 is 3. The van der Waals surface area contributed by atoms with Crippen LogP contribution in [0.3, 0.4) is 0 Å². The van der Waals surface area contributed by atoms with Crippen molar-refractivity contribution >= 4 is 23.2 Å². The summed E-state index contributed by atoms with van der Waals surface area (Å²) in [5.41, 5.74) is 4.93. The van der Waals surface area contributed by atoms with Gasteiger partial charge in [0.15, 0.2) is 11.5 Å². The van der Waals surface area contributed by atoms with Crippen molar-refractivity contribution in [1.82, 2.24) is 15.0 Å². The molecule has 0 bridgehead atoms. The highest BCUT2D eigenvalue weighted by Crippen LogP contribution is 2.33. The molecule has 1 amide bonds. The zero-order valence-electron chi connectivity index (χ0n) is 16.2. The standard InChI is InChI=1S/C20H22N4O4/c1-13-22-15-7-5-6-8-16(15)24(13)12-20(25)23-21-11-14-9-18(27-3)19(28-4)10-17(14)26-2/h5-11H,12H2,1-4H3,(H,23,25)/b21-11-. The molecule has 0 aliphatic heterocycles. The molecule has 0 radical (unpaired) electrons. The Balaban J connectivity index is 1.74. The number of rotatable bonds is 7. The minimum atomic E-state index is -0.262. The van der Waals surface area contributed by atoms with Gasteiger partial charge in [0.2, 0.25) is 0 Å². The summed E-state index contributed by atoms with van der Waals surface area (Å²) in [5.74, 6) is 2.13. The molecule has 1 aromatic heterocycles. The number of hydrogen-bond acceptors (Lipinski definition) is 6. The third kappa shape index (κ3) is 3.90. The van der Waals surface area contributed by atoms with Gasteiger partial charge < -0.3 is 18.8 Å². The third-order valence-corrected chi connectivity index (χ3v) is 4.28. The predicted octanol–water partition coefficient (Wildman–Crippen LogP) is 2.52. The molecule has 0 atom stereocenters. The molecule has 1 heterocycles. The van der Waals surface area contributed by atoms with E-state index in [9.17, 15) is 4.79 Å². The van der Waals surface area contributed by atoms with Gasteiger partial charge in [0.25, 0.3) is 5.91 Å². The molecule has 3 aromatic rings. The highest BCUT2D eigenvalue weighted by Gasteiger charge is 2.12. The Morgan fingerprint density at radius 1 is 1.11 bits per heavy atom. The van der Waals surface area contributed by atoms with Crippen molar-refractivity contribution < 1.29 is 19.0 Å². The molecule has 3 rings (SSSR count). The van der Waals surface area contributed by atoms with Gasteiger partial charge in [-0.05, 0) is 25.1 Å². The monoisotopic (exact) mass is 382 g/mol. The summed E-state index contributed by atoms with van der Waals surface area (Å²) in [6.07, 6.45) is 1.50. The molecular formula is C20H22N4O4. The van der Waals surface area contributed by atoms with E-state index in [1.807, 2.05) is 35.8 Å². The number of aromatic nitrogens is 2. The fourth-order valence-corrected chi connectivity index (χ4v) is 2.90. The number of hydrazone groups is 1. The van der Waals surface area contributed by atoms with Gasteiger partial charge in [-0.25, -0.2) is 10.4 Å². The lowest BCUT2D eigenvalue weighted by molar-refractivity contribution is -0.121. The number of aryl methyl sites for hydroxylation is 1. The first-order valence-electron chi connectivity index (χ1n) is 8.61. The number of carbonyl (C=O) groups is 1. The number of fused-ring (bicyclic) bond motifs is 1. The molecule has 28 heavy (non-hydrogen) atoms. The molecule has 0 unspecified atom stereocenters. The van der Waals surface area contributed by atoms with Gasteiger partial charge in [-0.1, -0.05) is 12.1 Å². The summed E-state index contributed by atoms with van der Waals surface area (Å²) in [7, 11) is 4.64. The van der Waals surface area contributed by atoms with Gasteiger partial charge in [0.1, 0.15) is 18.1 Å². The Labute approximate surface area is 162 Å². The quantitative estimate of drug-likeness (QED) is 0.501. The van der Waals surface area contributed by atoms with E-state index in [2.05, 4.69) is 15.5 Å². The second-order valence-electron chi connectivity index (χ2n) is 5.98. The largest absolute Gasteiger partial charge is 0.496 e. The van der Waals surface area contributed by atoms with Gasteiger partial charge in [-0.15, -0.1) is 0 Å². The Morgan fingerprint density at radius 3 is 2.50 bits per heavy atom. The number of ether oxygens (including phenoxy) is 3. The first kappa shape index (κ1) is 19.2. The van der Waals surface area contributed by atoms with Crippen molar-refractivity contribution in [2.75, 3.05) is 21.3 Å². The van der Waals surface area contributed by atoms with Gasteiger partial charge >= 0.3 is 0 Å². The van der Waals surface area contributed by atoms with Crippen LogP contribution in [0.1, 0.15) is 11.4 Å². The fraction of sp³-hybridized carbons (Fsp3) is 0.250. The van der Waals surface area contributed by atoms with Crippen LogP contribution < -0.4 is 19.6 Å². The fourth-order valence-electron chi connectivity index (χ4n) is 2.90. The number of nitrogens with one attached hydrogen (secondary N) is 1. The number of benzene rings is 2. The zero-order valence-corrected chi connectivity index (χ0v) is 16.2. The Morgan fingerprint density at radius 2 is 1.79 bits per heavy atom. The molecule has 8 heteroatoms. The molecule has 1 N–H and O–H groups in total. The van der Waals surface area contributed by atoms with Crippen LogP contribution in [0.15, 0.2) is 41.5 Å². The number of hydrogen-bond donors (Lipinski definition) is 1. The van der Waals surface area contributed by atoms with Crippen LogP contribution in [0.5, 0.6) is 17.2 Å². The van der Waals surface area contributed by atoms with Crippen LogP contribution >= 0.6 is 0 Å². The van der Waals surface area contributed by atoms with E-state index >= 15 is 0 Å². The van der Waals surface area contributed by atoms with Crippen molar-refractivity contribution in [2.45, 2.75) is 13.5 Å². The van der Waals surface area contributed by atoms with Gasteiger partial charge in [-0.3, -0.25) is 4.79 Å². The van der Waals surface area contributed by atoms with Gasteiger partial charge in [-0.2, -0.15) is 5.10 Å². The topological polar surface area (TPSA) is 87.0 Å². The number of nitrogens with zero attached hydrogens (tertiary/aromatic N) is 3. The first-order valence-corrected chi connectivity index (χ1v) is 8.61. The molecule has 0 aliphatic carbocycles. The smallest absolute Gasteiger partial charge is 0.260 e. The van der Waals surface area contributed by atoms with E-state index in [4.69, 9.17) is 14.2 Å². The average Bonchev–Trinajstić information content (AvgIpc) is 3.02.